The van der Waals surface area contributed by atoms with E-state index in [0.717, 1.165) is 48.3 Å². The van der Waals surface area contributed by atoms with Crippen molar-refractivity contribution in [1.29, 1.82) is 0 Å². The van der Waals surface area contributed by atoms with Crippen LogP contribution in [0, 0.1) is 0 Å². The van der Waals surface area contributed by atoms with Crippen LogP contribution in [-0.2, 0) is 22.6 Å². The quantitative estimate of drug-likeness (QED) is 0.379. The van der Waals surface area contributed by atoms with Crippen molar-refractivity contribution in [3.05, 3.63) is 101 Å². The predicted molar refractivity (Wildman–Crippen MR) is 141 cm³/mol. The Bertz CT molecular complexity index is 1350. The lowest BCUT2D eigenvalue weighted by atomic mass is 9.93. The zero-order chi connectivity index (χ0) is 27.5. The normalized spacial score (nSPS) is 18.4. The van der Waals surface area contributed by atoms with Crippen LogP contribution in [0.1, 0.15) is 64.8 Å². The van der Waals surface area contributed by atoms with Gasteiger partial charge in [-0.2, -0.15) is 13.2 Å². The van der Waals surface area contributed by atoms with Gasteiger partial charge in [-0.25, -0.2) is 8.42 Å². The summed E-state index contributed by atoms with van der Waals surface area (Å²) in [7, 11) is -3.26. The van der Waals surface area contributed by atoms with E-state index in [-0.39, 0.29) is 35.1 Å². The van der Waals surface area contributed by atoms with Crippen molar-refractivity contribution in [2.75, 3.05) is 18.8 Å². The van der Waals surface area contributed by atoms with Crippen LogP contribution < -0.4 is 5.32 Å². The number of likely N-dealkylation sites (N-methyl/N-ethyl adjacent to an activating group) is 1. The fourth-order valence-corrected chi connectivity index (χ4v) is 5.79. The molecular formula is C29H31F3N2O3S. The Kier molecular flexibility index (Phi) is 8.28. The third kappa shape index (κ3) is 6.27. The van der Waals surface area contributed by atoms with Gasteiger partial charge in [-0.1, -0.05) is 50.2 Å². The molecule has 1 N–H and O–H groups in total. The maximum atomic E-state index is 12.9. The van der Waals surface area contributed by atoms with Gasteiger partial charge in [-0.15, -0.1) is 0 Å². The zero-order valence-corrected chi connectivity index (χ0v) is 22.1. The number of nitrogens with zero attached hydrogens (tertiary/aromatic N) is 1. The number of halogens is 3. The highest BCUT2D eigenvalue weighted by molar-refractivity contribution is 7.91. The number of sulfone groups is 1. The van der Waals surface area contributed by atoms with Gasteiger partial charge in [0.15, 0.2) is 9.84 Å². The van der Waals surface area contributed by atoms with Crippen molar-refractivity contribution < 1.29 is 26.4 Å². The van der Waals surface area contributed by atoms with E-state index in [9.17, 15) is 26.4 Å². The highest BCUT2D eigenvalue weighted by atomic mass is 32.2. The summed E-state index contributed by atoms with van der Waals surface area (Å²) in [4.78, 5) is 15.2. The molecule has 2 unspecified atom stereocenters. The molecule has 2 atom stereocenters. The Morgan fingerprint density at radius 2 is 1.53 bits per heavy atom. The van der Waals surface area contributed by atoms with Crippen LogP contribution in [0.3, 0.4) is 0 Å². The second-order valence-corrected chi connectivity index (χ2v) is 11.8. The van der Waals surface area contributed by atoms with Gasteiger partial charge in [0.05, 0.1) is 16.2 Å². The lowest BCUT2D eigenvalue weighted by Crippen LogP contribution is -2.24. The van der Waals surface area contributed by atoms with E-state index >= 15 is 0 Å². The molecular weight excluding hydrogens is 513 g/mol. The van der Waals surface area contributed by atoms with Crippen molar-refractivity contribution >= 4 is 15.7 Å². The molecule has 202 valence electrons. The number of benzene rings is 3. The van der Waals surface area contributed by atoms with Crippen LogP contribution in [0.2, 0.25) is 0 Å². The first kappa shape index (κ1) is 27.9. The first-order valence-electron chi connectivity index (χ1n) is 12.6. The minimum Gasteiger partial charge on any atom is -0.348 e. The summed E-state index contributed by atoms with van der Waals surface area (Å²) in [5.74, 6) is -0.0711. The summed E-state index contributed by atoms with van der Waals surface area (Å²) in [6, 6.07) is 19.5. The number of amides is 1. The van der Waals surface area contributed by atoms with Crippen molar-refractivity contribution in [2.24, 2.45) is 0 Å². The van der Waals surface area contributed by atoms with E-state index in [2.05, 4.69) is 17.1 Å². The summed E-state index contributed by atoms with van der Waals surface area (Å²) in [5, 5.41) is 2.86. The first-order chi connectivity index (χ1) is 18.0. The average molecular weight is 545 g/mol. The van der Waals surface area contributed by atoms with Crippen molar-refractivity contribution in [2.45, 2.75) is 49.8 Å². The minimum atomic E-state index is -4.34. The molecule has 1 saturated heterocycles. The molecule has 3 aromatic carbocycles. The minimum absolute atomic E-state index is 0.0334. The lowest BCUT2D eigenvalue weighted by molar-refractivity contribution is -0.137. The van der Waals surface area contributed by atoms with E-state index < -0.39 is 21.6 Å². The maximum Gasteiger partial charge on any atom is 0.416 e. The van der Waals surface area contributed by atoms with Gasteiger partial charge < -0.3 is 5.32 Å². The van der Waals surface area contributed by atoms with Gasteiger partial charge in [0.1, 0.15) is 0 Å². The molecule has 0 bridgehead atoms. The molecule has 1 aliphatic rings. The van der Waals surface area contributed by atoms with E-state index in [1.54, 1.807) is 55.5 Å². The number of nitrogens with one attached hydrogen (secondary N) is 1. The van der Waals surface area contributed by atoms with Gasteiger partial charge in [-0.3, -0.25) is 9.69 Å². The Labute approximate surface area is 221 Å². The SMILES string of the molecule is CCN1CC(c2ccc(C(F)(F)F)cc2)CC1c1ccc(C(=O)NCc2ccc(S(=O)(=O)CC)cc2)cc1. The number of likely N-dealkylation sites (tertiary alicyclic amines) is 1. The first-order valence-corrected chi connectivity index (χ1v) is 14.3. The van der Waals surface area contributed by atoms with Gasteiger partial charge in [0.25, 0.3) is 5.91 Å². The summed E-state index contributed by atoms with van der Waals surface area (Å²) in [6.45, 7) is 5.50. The van der Waals surface area contributed by atoms with Crippen LogP contribution >= 0.6 is 0 Å². The monoisotopic (exact) mass is 544 g/mol. The van der Waals surface area contributed by atoms with Crippen LogP contribution in [0.15, 0.2) is 77.7 Å². The van der Waals surface area contributed by atoms with Gasteiger partial charge >= 0.3 is 6.18 Å². The Hall–Kier alpha value is -3.17. The highest BCUT2D eigenvalue weighted by Crippen LogP contribution is 2.41. The molecule has 3 aromatic rings. The van der Waals surface area contributed by atoms with Gasteiger partial charge in [0, 0.05) is 24.7 Å². The van der Waals surface area contributed by atoms with Crippen LogP contribution in [0.25, 0.3) is 0 Å². The summed E-state index contributed by atoms with van der Waals surface area (Å²) in [5.41, 5.74) is 2.63. The van der Waals surface area contributed by atoms with Crippen molar-refractivity contribution in [3.63, 3.8) is 0 Å². The molecule has 0 radical (unpaired) electrons. The molecule has 0 saturated carbocycles. The second-order valence-electron chi connectivity index (χ2n) is 9.51. The fraction of sp³-hybridized carbons (Fsp3) is 0.345. The summed E-state index contributed by atoms with van der Waals surface area (Å²) < 4.78 is 62.7. The largest absolute Gasteiger partial charge is 0.416 e. The van der Waals surface area contributed by atoms with E-state index in [0.29, 0.717) is 5.56 Å². The number of carbonyl (C=O) groups is 1. The third-order valence-corrected chi connectivity index (χ3v) is 8.94. The molecule has 0 aromatic heterocycles. The molecule has 4 rings (SSSR count). The molecule has 0 aliphatic carbocycles. The molecule has 1 heterocycles. The molecule has 1 amide bonds. The van der Waals surface area contributed by atoms with E-state index in [1.165, 1.54) is 0 Å². The van der Waals surface area contributed by atoms with E-state index in [4.69, 9.17) is 0 Å². The third-order valence-electron chi connectivity index (χ3n) is 7.19. The Morgan fingerprint density at radius 1 is 0.921 bits per heavy atom. The molecule has 38 heavy (non-hydrogen) atoms. The van der Waals surface area contributed by atoms with E-state index in [1.807, 2.05) is 12.1 Å². The smallest absolute Gasteiger partial charge is 0.348 e. The van der Waals surface area contributed by atoms with Crippen molar-refractivity contribution in [1.82, 2.24) is 10.2 Å². The van der Waals surface area contributed by atoms with Gasteiger partial charge in [-0.05, 0) is 72.0 Å². The summed E-state index contributed by atoms with van der Waals surface area (Å²) >= 11 is 0. The number of hydrogen-bond donors (Lipinski definition) is 1. The number of rotatable bonds is 8. The molecule has 1 fully saturated rings. The molecule has 0 spiro atoms. The van der Waals surface area contributed by atoms with Crippen LogP contribution in [0.5, 0.6) is 0 Å². The molecule has 5 nitrogen and oxygen atoms in total. The number of alkyl halides is 3. The standard InChI is InChI=1S/C29H31F3N2O3S/c1-3-34-19-24(21-11-13-25(14-12-21)29(30,31)32)17-27(34)22-7-9-23(10-8-22)28(35)33-18-20-5-15-26(16-6-20)38(36,37)4-2/h5-16,24,27H,3-4,17-19H2,1-2H3,(H,33,35). The highest BCUT2D eigenvalue weighted by Gasteiger charge is 2.34. The average Bonchev–Trinajstić information content (AvgIpc) is 3.36. The van der Waals surface area contributed by atoms with Crippen molar-refractivity contribution in [3.8, 4) is 0 Å². The molecule has 1 aliphatic heterocycles. The van der Waals surface area contributed by atoms with Gasteiger partial charge in [0.2, 0.25) is 0 Å². The Balaban J connectivity index is 1.38. The summed E-state index contributed by atoms with van der Waals surface area (Å²) in [6.07, 6.45) is -3.56. The maximum absolute atomic E-state index is 12.9. The van der Waals surface area contributed by atoms with Crippen LogP contribution in [0.4, 0.5) is 13.2 Å². The lowest BCUT2D eigenvalue weighted by Gasteiger charge is -2.23. The fourth-order valence-electron chi connectivity index (χ4n) is 4.91. The zero-order valence-electron chi connectivity index (χ0n) is 21.3. The van der Waals surface area contributed by atoms with Crippen LogP contribution in [-0.4, -0.2) is 38.1 Å². The topological polar surface area (TPSA) is 66.5 Å². The Morgan fingerprint density at radius 3 is 2.08 bits per heavy atom. The predicted octanol–water partition coefficient (Wildman–Crippen LogP) is 5.98. The molecule has 9 heteroatoms. The number of carbonyl (C=O) groups excluding carboxylic acids is 1. The number of hydrogen-bond acceptors (Lipinski definition) is 4. The second kappa shape index (κ2) is 11.3.